The van der Waals surface area contributed by atoms with E-state index in [4.69, 9.17) is 5.73 Å². The Balaban J connectivity index is 2.26. The molecule has 2 heterocycles. The van der Waals surface area contributed by atoms with Crippen LogP contribution in [0.15, 0.2) is 0 Å². The number of hydrogen-bond acceptors (Lipinski definition) is 4. The van der Waals surface area contributed by atoms with Crippen molar-refractivity contribution in [3.8, 4) is 0 Å². The lowest BCUT2D eigenvalue weighted by Crippen LogP contribution is -2.51. The second kappa shape index (κ2) is 5.92. The standard InChI is InChI=1S/C14H27N5/c1-5-12-10-19(9-8-17(12)3)14-13(6-7-15)11(2)16-18(14)4/h12H,5-10,15H2,1-4H3. The van der Waals surface area contributed by atoms with E-state index < -0.39 is 0 Å². The summed E-state index contributed by atoms with van der Waals surface area (Å²) in [5.41, 5.74) is 8.19. The third-order valence-corrected chi connectivity index (χ3v) is 4.26. The van der Waals surface area contributed by atoms with Crippen molar-refractivity contribution in [3.63, 3.8) is 0 Å². The van der Waals surface area contributed by atoms with E-state index >= 15 is 0 Å². The Morgan fingerprint density at radius 1 is 1.32 bits per heavy atom. The third kappa shape index (κ3) is 2.77. The predicted octanol–water partition coefficient (Wildman–Crippen LogP) is 0.760. The van der Waals surface area contributed by atoms with E-state index in [0.717, 1.165) is 31.7 Å². The molecule has 1 aliphatic heterocycles. The maximum Gasteiger partial charge on any atom is 0.130 e. The molecule has 1 saturated heterocycles. The molecule has 0 radical (unpaired) electrons. The zero-order chi connectivity index (χ0) is 14.0. The summed E-state index contributed by atoms with van der Waals surface area (Å²) < 4.78 is 2.03. The van der Waals surface area contributed by atoms with Gasteiger partial charge in [0, 0.05) is 38.3 Å². The molecule has 1 fully saturated rings. The number of aryl methyl sites for hydroxylation is 2. The molecule has 0 saturated carbocycles. The molecule has 0 amide bonds. The number of nitrogens with two attached hydrogens (primary N) is 1. The van der Waals surface area contributed by atoms with Crippen LogP contribution in [-0.4, -0.2) is 53.9 Å². The van der Waals surface area contributed by atoms with Gasteiger partial charge in [0.25, 0.3) is 0 Å². The number of rotatable bonds is 4. The molecule has 0 spiro atoms. The van der Waals surface area contributed by atoms with E-state index in [1.54, 1.807) is 0 Å². The molecule has 5 nitrogen and oxygen atoms in total. The lowest BCUT2D eigenvalue weighted by molar-refractivity contribution is 0.212. The molecule has 0 bridgehead atoms. The molecule has 0 aliphatic carbocycles. The molecule has 1 atom stereocenters. The van der Waals surface area contributed by atoms with Crippen LogP contribution in [0.2, 0.25) is 0 Å². The number of likely N-dealkylation sites (N-methyl/N-ethyl adjacent to an activating group) is 1. The minimum atomic E-state index is 0.634. The summed E-state index contributed by atoms with van der Waals surface area (Å²) in [6, 6.07) is 0.634. The van der Waals surface area contributed by atoms with Gasteiger partial charge in [-0.15, -0.1) is 0 Å². The van der Waals surface area contributed by atoms with Crippen molar-refractivity contribution in [3.05, 3.63) is 11.3 Å². The van der Waals surface area contributed by atoms with Crippen LogP contribution in [0.5, 0.6) is 0 Å². The highest BCUT2D eigenvalue weighted by atomic mass is 15.4. The molecular weight excluding hydrogens is 238 g/mol. The van der Waals surface area contributed by atoms with E-state index in [1.807, 2.05) is 11.7 Å². The molecule has 108 valence electrons. The van der Waals surface area contributed by atoms with E-state index in [9.17, 15) is 0 Å². The molecule has 1 aliphatic rings. The topological polar surface area (TPSA) is 50.3 Å². The van der Waals surface area contributed by atoms with Gasteiger partial charge in [-0.25, -0.2) is 0 Å². The van der Waals surface area contributed by atoms with E-state index in [2.05, 4.69) is 35.8 Å². The van der Waals surface area contributed by atoms with E-state index in [1.165, 1.54) is 17.8 Å². The average Bonchev–Trinajstić information content (AvgIpc) is 2.66. The summed E-state index contributed by atoms with van der Waals surface area (Å²) in [5.74, 6) is 1.27. The Morgan fingerprint density at radius 3 is 2.68 bits per heavy atom. The summed E-state index contributed by atoms with van der Waals surface area (Å²) in [6.45, 7) is 8.31. The SMILES string of the molecule is CCC1CN(c2c(CCN)c(C)nn2C)CCN1C. The van der Waals surface area contributed by atoms with Crippen molar-refractivity contribution in [2.45, 2.75) is 32.7 Å². The molecule has 2 N–H and O–H groups in total. The highest BCUT2D eigenvalue weighted by Crippen LogP contribution is 2.26. The van der Waals surface area contributed by atoms with Crippen LogP contribution in [0.3, 0.4) is 0 Å². The minimum Gasteiger partial charge on any atom is -0.354 e. The zero-order valence-electron chi connectivity index (χ0n) is 12.7. The van der Waals surface area contributed by atoms with Crippen molar-refractivity contribution in [2.24, 2.45) is 12.8 Å². The summed E-state index contributed by atoms with van der Waals surface area (Å²) >= 11 is 0. The maximum atomic E-state index is 5.75. The van der Waals surface area contributed by atoms with Crippen molar-refractivity contribution in [1.29, 1.82) is 0 Å². The van der Waals surface area contributed by atoms with Crippen LogP contribution in [0.1, 0.15) is 24.6 Å². The van der Waals surface area contributed by atoms with Gasteiger partial charge in [0.2, 0.25) is 0 Å². The van der Waals surface area contributed by atoms with Gasteiger partial charge in [-0.2, -0.15) is 5.10 Å². The molecule has 1 aromatic heterocycles. The molecule has 1 aromatic rings. The average molecular weight is 265 g/mol. The van der Waals surface area contributed by atoms with Gasteiger partial charge < -0.3 is 10.6 Å². The van der Waals surface area contributed by atoms with Crippen LogP contribution >= 0.6 is 0 Å². The summed E-state index contributed by atoms with van der Waals surface area (Å²) in [5, 5.41) is 4.58. The smallest absolute Gasteiger partial charge is 0.130 e. The molecule has 0 aromatic carbocycles. The number of piperazine rings is 1. The number of aromatic nitrogens is 2. The Hall–Kier alpha value is -1.07. The molecule has 2 rings (SSSR count). The van der Waals surface area contributed by atoms with Crippen LogP contribution in [0.25, 0.3) is 0 Å². The highest BCUT2D eigenvalue weighted by Gasteiger charge is 2.27. The first-order valence-corrected chi connectivity index (χ1v) is 7.26. The van der Waals surface area contributed by atoms with Gasteiger partial charge >= 0.3 is 0 Å². The normalized spacial score (nSPS) is 21.1. The van der Waals surface area contributed by atoms with Gasteiger partial charge in [-0.1, -0.05) is 6.92 Å². The van der Waals surface area contributed by atoms with E-state index in [-0.39, 0.29) is 0 Å². The lowest BCUT2D eigenvalue weighted by atomic mass is 10.1. The van der Waals surface area contributed by atoms with Gasteiger partial charge in [0.15, 0.2) is 0 Å². The molecular formula is C14H27N5. The van der Waals surface area contributed by atoms with Crippen molar-refractivity contribution in [1.82, 2.24) is 14.7 Å². The van der Waals surface area contributed by atoms with Gasteiger partial charge in [-0.05, 0) is 33.4 Å². The largest absolute Gasteiger partial charge is 0.354 e. The summed E-state index contributed by atoms with van der Waals surface area (Å²) in [4.78, 5) is 4.95. The first-order chi connectivity index (χ1) is 9.08. The fourth-order valence-electron chi connectivity index (χ4n) is 3.10. The zero-order valence-corrected chi connectivity index (χ0v) is 12.7. The van der Waals surface area contributed by atoms with Crippen molar-refractivity contribution in [2.75, 3.05) is 38.1 Å². The third-order valence-electron chi connectivity index (χ3n) is 4.26. The maximum absolute atomic E-state index is 5.75. The Morgan fingerprint density at radius 2 is 2.05 bits per heavy atom. The minimum absolute atomic E-state index is 0.634. The molecule has 19 heavy (non-hydrogen) atoms. The summed E-state index contributed by atoms with van der Waals surface area (Å²) in [6.07, 6.45) is 2.11. The predicted molar refractivity (Wildman–Crippen MR) is 79.6 cm³/mol. The Bertz CT molecular complexity index is 426. The van der Waals surface area contributed by atoms with Crippen LogP contribution in [-0.2, 0) is 13.5 Å². The second-order valence-electron chi connectivity index (χ2n) is 5.54. The summed E-state index contributed by atoms with van der Waals surface area (Å²) in [7, 11) is 4.27. The monoisotopic (exact) mass is 265 g/mol. The van der Waals surface area contributed by atoms with Crippen LogP contribution in [0.4, 0.5) is 5.82 Å². The van der Waals surface area contributed by atoms with Crippen molar-refractivity contribution >= 4 is 5.82 Å². The Kier molecular flexibility index (Phi) is 4.47. The number of anilines is 1. The number of hydrogen-bond donors (Lipinski definition) is 1. The molecule has 1 unspecified atom stereocenters. The Labute approximate surface area is 116 Å². The van der Waals surface area contributed by atoms with Gasteiger partial charge in [0.05, 0.1) is 5.69 Å². The fourth-order valence-corrected chi connectivity index (χ4v) is 3.10. The fraction of sp³-hybridized carbons (Fsp3) is 0.786. The quantitative estimate of drug-likeness (QED) is 0.873. The lowest BCUT2D eigenvalue weighted by Gasteiger charge is -2.40. The van der Waals surface area contributed by atoms with Gasteiger partial charge in [-0.3, -0.25) is 9.58 Å². The molecule has 5 heteroatoms. The second-order valence-corrected chi connectivity index (χ2v) is 5.54. The van der Waals surface area contributed by atoms with Gasteiger partial charge in [0.1, 0.15) is 5.82 Å². The van der Waals surface area contributed by atoms with Crippen molar-refractivity contribution < 1.29 is 0 Å². The first-order valence-electron chi connectivity index (χ1n) is 7.26. The van der Waals surface area contributed by atoms with Crippen LogP contribution < -0.4 is 10.6 Å². The van der Waals surface area contributed by atoms with E-state index in [0.29, 0.717) is 12.6 Å². The van der Waals surface area contributed by atoms with Crippen LogP contribution in [0, 0.1) is 6.92 Å². The first kappa shape index (κ1) is 14.3. The number of nitrogens with zero attached hydrogens (tertiary/aromatic N) is 4. The highest BCUT2D eigenvalue weighted by molar-refractivity contribution is 5.51.